The Morgan fingerprint density at radius 3 is 1.92 bits per heavy atom. The summed E-state index contributed by atoms with van der Waals surface area (Å²) >= 11 is 0. The summed E-state index contributed by atoms with van der Waals surface area (Å²) < 4.78 is 8.59. The summed E-state index contributed by atoms with van der Waals surface area (Å²) in [5.74, 6) is 2.18. The average Bonchev–Trinajstić information content (AvgIpc) is 3.75. The fourth-order valence-electron chi connectivity index (χ4n) is 6.66. The highest BCUT2D eigenvalue weighted by Crippen LogP contribution is 2.37. The second-order valence-corrected chi connectivity index (χ2v) is 13.6. The monoisotopic (exact) mass is 647 g/mol. The third-order valence-electron chi connectivity index (χ3n) is 9.29. The third kappa shape index (κ3) is 5.13. The molecule has 0 N–H and O–H groups in total. The fraction of sp³-hybridized carbons (Fsp3) is 0.0909. The van der Waals surface area contributed by atoms with Crippen LogP contribution in [-0.2, 0) is 5.41 Å². The van der Waals surface area contributed by atoms with Gasteiger partial charge in [0, 0.05) is 21.9 Å². The van der Waals surface area contributed by atoms with Gasteiger partial charge in [0.1, 0.15) is 5.52 Å². The van der Waals surface area contributed by atoms with Gasteiger partial charge >= 0.3 is 0 Å². The molecule has 0 atom stereocenters. The maximum absolute atomic E-state index is 6.45. The first-order valence-electron chi connectivity index (χ1n) is 16.8. The van der Waals surface area contributed by atoms with Crippen molar-refractivity contribution in [2.45, 2.75) is 26.2 Å². The minimum absolute atomic E-state index is 0.0217. The predicted octanol–water partition coefficient (Wildman–Crippen LogP) is 11.1. The molecule has 50 heavy (non-hydrogen) atoms. The van der Waals surface area contributed by atoms with Crippen LogP contribution < -0.4 is 0 Å². The lowest BCUT2D eigenvalue weighted by molar-refractivity contribution is 0.590. The predicted molar refractivity (Wildman–Crippen MR) is 202 cm³/mol. The summed E-state index contributed by atoms with van der Waals surface area (Å²) in [6.45, 7) is 6.65. The van der Waals surface area contributed by atoms with Crippen LogP contribution in [-0.4, -0.2) is 24.5 Å². The summed E-state index contributed by atoms with van der Waals surface area (Å²) in [5, 5.41) is 2.26. The highest BCUT2D eigenvalue weighted by atomic mass is 16.3. The summed E-state index contributed by atoms with van der Waals surface area (Å²) in [5.41, 5.74) is 9.56. The Kier molecular flexibility index (Phi) is 6.92. The first-order chi connectivity index (χ1) is 24.4. The molecule has 3 aromatic heterocycles. The normalized spacial score (nSPS) is 11.9. The van der Waals surface area contributed by atoms with E-state index in [9.17, 15) is 0 Å². The van der Waals surface area contributed by atoms with Gasteiger partial charge in [0.15, 0.2) is 17.2 Å². The highest BCUT2D eigenvalue weighted by Gasteiger charge is 2.21. The van der Waals surface area contributed by atoms with E-state index >= 15 is 0 Å². The van der Waals surface area contributed by atoms with Crippen LogP contribution in [0, 0.1) is 0 Å². The number of hydrogen-bond acceptors (Lipinski definition) is 5. The van der Waals surface area contributed by atoms with Crippen molar-refractivity contribution in [3.8, 4) is 51.3 Å². The van der Waals surface area contributed by atoms with Crippen molar-refractivity contribution >= 4 is 32.9 Å². The first-order valence-corrected chi connectivity index (χ1v) is 16.8. The molecule has 6 heteroatoms. The van der Waals surface area contributed by atoms with Gasteiger partial charge < -0.3 is 4.42 Å². The van der Waals surface area contributed by atoms with Gasteiger partial charge in [0.2, 0.25) is 11.8 Å². The Morgan fingerprint density at radius 2 is 1.16 bits per heavy atom. The molecular formula is C44H33N5O. The van der Waals surface area contributed by atoms with Crippen LogP contribution in [0.1, 0.15) is 26.3 Å². The van der Waals surface area contributed by atoms with E-state index < -0.39 is 0 Å². The van der Waals surface area contributed by atoms with Crippen molar-refractivity contribution in [2.75, 3.05) is 0 Å². The van der Waals surface area contributed by atoms with Crippen molar-refractivity contribution in [3.63, 3.8) is 0 Å². The standard InChI is InChI=1S/C44H33N5O/c1-44(2,3)32-24-21-29(22-25-32)40-46-41(34-18-12-19-36-39(34)50-42(45-36)30-15-8-5-9-16-30)48-43(47-40)49-37-20-11-10-17-33(37)35-27-31(23-26-38(35)49)28-13-6-4-7-14-28/h4-27H,1-3H3. The minimum Gasteiger partial charge on any atom is -0.435 e. The van der Waals surface area contributed by atoms with Crippen LogP contribution in [0.4, 0.5) is 0 Å². The number of benzene rings is 6. The Morgan fingerprint density at radius 1 is 0.500 bits per heavy atom. The number of para-hydroxylation sites is 2. The highest BCUT2D eigenvalue weighted by molar-refractivity contribution is 6.10. The van der Waals surface area contributed by atoms with Crippen molar-refractivity contribution in [1.82, 2.24) is 24.5 Å². The molecule has 0 saturated heterocycles. The summed E-state index contributed by atoms with van der Waals surface area (Å²) in [4.78, 5) is 20.3. The number of oxazole rings is 1. The van der Waals surface area contributed by atoms with Crippen LogP contribution in [0.5, 0.6) is 0 Å². The molecule has 3 heterocycles. The van der Waals surface area contributed by atoms with Crippen molar-refractivity contribution < 1.29 is 4.42 Å². The van der Waals surface area contributed by atoms with Crippen molar-refractivity contribution in [2.24, 2.45) is 0 Å². The van der Waals surface area contributed by atoms with E-state index in [1.54, 1.807) is 0 Å². The molecule has 6 nitrogen and oxygen atoms in total. The summed E-state index contributed by atoms with van der Waals surface area (Å²) in [7, 11) is 0. The maximum Gasteiger partial charge on any atom is 0.238 e. The number of nitrogens with zero attached hydrogens (tertiary/aromatic N) is 5. The molecule has 0 aliphatic heterocycles. The van der Waals surface area contributed by atoms with E-state index in [0.717, 1.165) is 49.6 Å². The summed E-state index contributed by atoms with van der Waals surface area (Å²) in [6.07, 6.45) is 0. The molecule has 0 spiro atoms. The van der Waals surface area contributed by atoms with Crippen LogP contribution in [0.15, 0.2) is 150 Å². The van der Waals surface area contributed by atoms with E-state index in [1.807, 2.05) is 54.6 Å². The summed E-state index contributed by atoms with van der Waals surface area (Å²) in [6, 6.07) is 49.9. The quantitative estimate of drug-likeness (QED) is 0.186. The number of hydrogen-bond donors (Lipinski definition) is 0. The Hall–Kier alpha value is -6.40. The lowest BCUT2D eigenvalue weighted by atomic mass is 9.87. The molecule has 0 amide bonds. The lowest BCUT2D eigenvalue weighted by Crippen LogP contribution is -2.10. The van der Waals surface area contributed by atoms with E-state index in [4.69, 9.17) is 24.4 Å². The SMILES string of the molecule is CC(C)(C)c1ccc(-c2nc(-c3cccc4nc(-c5ccccc5)oc34)nc(-n3c4ccccc4c4cc(-c5ccccc5)ccc43)n2)cc1. The lowest BCUT2D eigenvalue weighted by Gasteiger charge is -2.19. The minimum atomic E-state index is 0.0217. The largest absolute Gasteiger partial charge is 0.435 e. The van der Waals surface area contributed by atoms with Gasteiger partial charge in [-0.2, -0.15) is 9.97 Å². The molecule has 6 aromatic carbocycles. The average molecular weight is 648 g/mol. The zero-order valence-electron chi connectivity index (χ0n) is 28.0. The van der Waals surface area contributed by atoms with Crippen LogP contribution >= 0.6 is 0 Å². The Labute approximate surface area is 289 Å². The zero-order valence-corrected chi connectivity index (χ0v) is 28.0. The second kappa shape index (κ2) is 11.6. The van der Waals surface area contributed by atoms with Gasteiger partial charge in [-0.15, -0.1) is 0 Å². The van der Waals surface area contributed by atoms with Gasteiger partial charge in [-0.25, -0.2) is 9.97 Å². The molecule has 0 unspecified atom stereocenters. The smallest absolute Gasteiger partial charge is 0.238 e. The van der Waals surface area contributed by atoms with Gasteiger partial charge in [-0.3, -0.25) is 4.57 Å². The second-order valence-electron chi connectivity index (χ2n) is 13.6. The van der Waals surface area contributed by atoms with Gasteiger partial charge in [-0.05, 0) is 64.6 Å². The zero-order chi connectivity index (χ0) is 33.8. The van der Waals surface area contributed by atoms with Gasteiger partial charge in [0.05, 0.1) is 16.6 Å². The van der Waals surface area contributed by atoms with Gasteiger partial charge in [-0.1, -0.05) is 124 Å². The number of fused-ring (bicyclic) bond motifs is 4. The van der Waals surface area contributed by atoms with E-state index in [0.29, 0.717) is 29.1 Å². The van der Waals surface area contributed by atoms with Crippen molar-refractivity contribution in [3.05, 3.63) is 151 Å². The molecule has 0 aliphatic rings. The molecule has 9 aromatic rings. The molecule has 0 bridgehead atoms. The number of aromatic nitrogens is 5. The molecule has 0 radical (unpaired) electrons. The molecule has 9 rings (SSSR count). The van der Waals surface area contributed by atoms with Crippen LogP contribution in [0.3, 0.4) is 0 Å². The molecule has 0 aliphatic carbocycles. The molecule has 240 valence electrons. The Balaban J connectivity index is 1.29. The van der Waals surface area contributed by atoms with E-state index in [2.05, 4.69) is 116 Å². The third-order valence-corrected chi connectivity index (χ3v) is 9.29. The number of rotatable bonds is 5. The molecule has 0 saturated carbocycles. The first kappa shape index (κ1) is 29.7. The molecular weight excluding hydrogens is 615 g/mol. The fourth-order valence-corrected chi connectivity index (χ4v) is 6.66. The Bertz CT molecular complexity index is 2670. The topological polar surface area (TPSA) is 69.6 Å². The molecule has 0 fully saturated rings. The van der Waals surface area contributed by atoms with Crippen LogP contribution in [0.2, 0.25) is 0 Å². The van der Waals surface area contributed by atoms with E-state index in [-0.39, 0.29) is 5.41 Å². The van der Waals surface area contributed by atoms with E-state index in [1.165, 1.54) is 11.1 Å². The van der Waals surface area contributed by atoms with Crippen LogP contribution in [0.25, 0.3) is 84.2 Å². The van der Waals surface area contributed by atoms with Gasteiger partial charge in [0.25, 0.3) is 0 Å². The maximum atomic E-state index is 6.45. The van der Waals surface area contributed by atoms with Crippen molar-refractivity contribution in [1.29, 1.82) is 0 Å².